The molecule has 0 bridgehead atoms. The average molecular weight is 406 g/mol. The fourth-order valence-corrected chi connectivity index (χ4v) is 4.14. The lowest BCUT2D eigenvalue weighted by Gasteiger charge is -2.51. The first-order chi connectivity index (χ1) is 12.6. The third-order valence-corrected chi connectivity index (χ3v) is 5.80. The minimum atomic E-state index is -5.08. The van der Waals surface area contributed by atoms with Crippen molar-refractivity contribution in [3.05, 3.63) is 28.7 Å². The van der Waals surface area contributed by atoms with Gasteiger partial charge in [-0.3, -0.25) is 4.90 Å². The summed E-state index contributed by atoms with van der Waals surface area (Å²) in [6, 6.07) is 0. The first kappa shape index (κ1) is 21.8. The Kier molecular flexibility index (Phi) is 7.41. The number of rotatable bonds is 5. The molecular formula is C18H25F3N2O3S. The Labute approximate surface area is 160 Å². The zero-order valence-corrected chi connectivity index (χ0v) is 16.1. The van der Waals surface area contributed by atoms with Crippen LogP contribution in [0.1, 0.15) is 36.4 Å². The fourth-order valence-electron chi connectivity index (χ4n) is 3.53. The number of aliphatic carboxylic acids is 1. The van der Waals surface area contributed by atoms with E-state index in [0.29, 0.717) is 18.1 Å². The van der Waals surface area contributed by atoms with Gasteiger partial charge >= 0.3 is 12.1 Å². The number of hydrogen-bond donors (Lipinski definition) is 1. The Morgan fingerprint density at radius 2 is 2.07 bits per heavy atom. The summed E-state index contributed by atoms with van der Waals surface area (Å²) in [6.45, 7) is 9.95. The first-order valence-corrected chi connectivity index (χ1v) is 9.67. The maximum Gasteiger partial charge on any atom is 0.490 e. The molecule has 0 atom stereocenters. The second-order valence-corrected chi connectivity index (χ2v) is 8.15. The highest BCUT2D eigenvalue weighted by molar-refractivity contribution is 7.09. The standard InChI is InChI=1S/C16H24N2OS.C2HF3O2/c1-3-8-19-15-9-16(10-15)4-6-18(7-5-16)11-14-12-20-13(2)17-14;3-2(4,5)1(6)7/h3,12,15H,1,4-11H2,2H3;(H,6,7). The monoisotopic (exact) mass is 406 g/mol. The quantitative estimate of drug-likeness (QED) is 0.748. The van der Waals surface area contributed by atoms with E-state index in [1.54, 1.807) is 11.3 Å². The number of piperidine rings is 1. The summed E-state index contributed by atoms with van der Waals surface area (Å²) in [4.78, 5) is 16.0. The summed E-state index contributed by atoms with van der Waals surface area (Å²) in [5.41, 5.74) is 1.82. The van der Waals surface area contributed by atoms with Gasteiger partial charge in [-0.25, -0.2) is 9.78 Å². The van der Waals surface area contributed by atoms with Crippen molar-refractivity contribution in [2.24, 2.45) is 5.41 Å². The minimum absolute atomic E-state index is 0.487. The van der Waals surface area contributed by atoms with E-state index in [4.69, 9.17) is 14.6 Å². The van der Waals surface area contributed by atoms with Crippen LogP contribution in [0.15, 0.2) is 18.0 Å². The SMILES string of the molecule is C=CCOC1CC2(CCN(Cc3csc(C)n3)CC2)C1.O=C(O)C(F)(F)F. The summed E-state index contributed by atoms with van der Waals surface area (Å²) >= 11 is 1.75. The van der Waals surface area contributed by atoms with Crippen LogP contribution in [-0.4, -0.2) is 52.9 Å². The predicted octanol–water partition coefficient (Wildman–Crippen LogP) is 4.03. The third-order valence-electron chi connectivity index (χ3n) is 4.98. The van der Waals surface area contributed by atoms with E-state index in [0.717, 1.165) is 6.54 Å². The number of alkyl halides is 3. The van der Waals surface area contributed by atoms with Crippen molar-refractivity contribution in [2.45, 2.75) is 51.4 Å². The van der Waals surface area contributed by atoms with E-state index in [1.807, 2.05) is 6.08 Å². The van der Waals surface area contributed by atoms with Crippen LogP contribution in [0.3, 0.4) is 0 Å². The van der Waals surface area contributed by atoms with Gasteiger partial charge in [0.15, 0.2) is 0 Å². The second-order valence-electron chi connectivity index (χ2n) is 7.09. The van der Waals surface area contributed by atoms with E-state index in [-0.39, 0.29) is 0 Å². The zero-order chi connectivity index (χ0) is 20.1. The van der Waals surface area contributed by atoms with Gasteiger partial charge in [-0.15, -0.1) is 17.9 Å². The minimum Gasteiger partial charge on any atom is -0.475 e. The maximum atomic E-state index is 10.6. The Morgan fingerprint density at radius 1 is 1.48 bits per heavy atom. The molecule has 3 rings (SSSR count). The summed E-state index contributed by atoms with van der Waals surface area (Å²) in [5, 5.41) is 10.5. The lowest BCUT2D eigenvalue weighted by atomic mass is 9.61. The number of hydrogen-bond acceptors (Lipinski definition) is 5. The fraction of sp³-hybridized carbons (Fsp3) is 0.667. The van der Waals surface area contributed by atoms with Crippen molar-refractivity contribution in [3.63, 3.8) is 0 Å². The molecule has 1 aromatic heterocycles. The number of carboxylic acid groups (broad SMARTS) is 1. The van der Waals surface area contributed by atoms with Crippen LogP contribution in [0.2, 0.25) is 0 Å². The predicted molar refractivity (Wildman–Crippen MR) is 96.7 cm³/mol. The van der Waals surface area contributed by atoms with Crippen LogP contribution in [0.5, 0.6) is 0 Å². The van der Waals surface area contributed by atoms with Crippen LogP contribution in [0.4, 0.5) is 13.2 Å². The molecule has 0 radical (unpaired) electrons. The Hall–Kier alpha value is -1.45. The van der Waals surface area contributed by atoms with Gasteiger partial charge in [-0.05, 0) is 51.1 Å². The highest BCUT2D eigenvalue weighted by Crippen LogP contribution is 2.50. The summed E-state index contributed by atoms with van der Waals surface area (Å²) in [6.07, 6.45) is 2.41. The molecule has 2 heterocycles. The number of carboxylic acids is 1. The lowest BCUT2D eigenvalue weighted by Crippen LogP contribution is -2.49. The molecule has 1 saturated heterocycles. The molecule has 0 unspecified atom stereocenters. The largest absolute Gasteiger partial charge is 0.490 e. The molecular weight excluding hydrogens is 381 g/mol. The van der Waals surface area contributed by atoms with E-state index >= 15 is 0 Å². The van der Waals surface area contributed by atoms with Crippen molar-refractivity contribution < 1.29 is 27.8 Å². The third kappa shape index (κ3) is 6.58. The molecule has 1 aliphatic carbocycles. The average Bonchev–Trinajstić information content (AvgIpc) is 2.97. The van der Waals surface area contributed by atoms with Gasteiger partial charge in [-0.1, -0.05) is 6.08 Å². The molecule has 1 aliphatic heterocycles. The molecule has 1 saturated carbocycles. The van der Waals surface area contributed by atoms with Gasteiger partial charge in [0.05, 0.1) is 23.4 Å². The van der Waals surface area contributed by atoms with Gasteiger partial charge in [0, 0.05) is 11.9 Å². The smallest absolute Gasteiger partial charge is 0.475 e. The van der Waals surface area contributed by atoms with Gasteiger partial charge in [0.2, 0.25) is 0 Å². The lowest BCUT2D eigenvalue weighted by molar-refractivity contribution is -0.192. The molecule has 1 N–H and O–H groups in total. The number of ether oxygens (including phenoxy) is 1. The molecule has 0 aromatic carbocycles. The van der Waals surface area contributed by atoms with Crippen LogP contribution in [0.25, 0.3) is 0 Å². The highest BCUT2D eigenvalue weighted by atomic mass is 32.1. The van der Waals surface area contributed by atoms with Crippen LogP contribution < -0.4 is 0 Å². The Morgan fingerprint density at radius 3 is 2.52 bits per heavy atom. The summed E-state index contributed by atoms with van der Waals surface area (Å²) in [5.74, 6) is -2.76. The number of carbonyl (C=O) groups is 1. The summed E-state index contributed by atoms with van der Waals surface area (Å²) in [7, 11) is 0. The molecule has 0 amide bonds. The topological polar surface area (TPSA) is 62.7 Å². The van der Waals surface area contributed by atoms with Gasteiger partial charge in [-0.2, -0.15) is 13.2 Å². The Balaban J connectivity index is 0.000000321. The van der Waals surface area contributed by atoms with Gasteiger partial charge < -0.3 is 9.84 Å². The molecule has 152 valence electrons. The number of aryl methyl sites for hydroxylation is 1. The molecule has 2 aliphatic rings. The molecule has 1 aromatic rings. The number of likely N-dealkylation sites (tertiary alicyclic amines) is 1. The first-order valence-electron chi connectivity index (χ1n) is 8.79. The van der Waals surface area contributed by atoms with Crippen molar-refractivity contribution >= 4 is 17.3 Å². The zero-order valence-electron chi connectivity index (χ0n) is 15.3. The van der Waals surface area contributed by atoms with Crippen molar-refractivity contribution in [1.29, 1.82) is 0 Å². The molecule has 9 heteroatoms. The molecule has 27 heavy (non-hydrogen) atoms. The van der Waals surface area contributed by atoms with E-state index in [2.05, 4.69) is 28.8 Å². The van der Waals surface area contributed by atoms with Crippen LogP contribution in [0, 0.1) is 12.3 Å². The maximum absolute atomic E-state index is 10.6. The van der Waals surface area contributed by atoms with Crippen molar-refractivity contribution in [1.82, 2.24) is 9.88 Å². The van der Waals surface area contributed by atoms with E-state index < -0.39 is 12.1 Å². The number of halogens is 3. The van der Waals surface area contributed by atoms with Crippen LogP contribution in [-0.2, 0) is 16.1 Å². The number of thiazole rings is 1. The van der Waals surface area contributed by atoms with E-state index in [1.165, 1.54) is 49.5 Å². The highest BCUT2D eigenvalue weighted by Gasteiger charge is 2.46. The Bertz CT molecular complexity index is 632. The molecule has 5 nitrogen and oxygen atoms in total. The summed E-state index contributed by atoms with van der Waals surface area (Å²) < 4.78 is 37.5. The van der Waals surface area contributed by atoms with Crippen molar-refractivity contribution in [3.8, 4) is 0 Å². The second kappa shape index (κ2) is 9.16. The van der Waals surface area contributed by atoms with Crippen molar-refractivity contribution in [2.75, 3.05) is 19.7 Å². The van der Waals surface area contributed by atoms with Crippen LogP contribution >= 0.6 is 11.3 Å². The van der Waals surface area contributed by atoms with Gasteiger partial charge in [0.25, 0.3) is 0 Å². The van der Waals surface area contributed by atoms with Gasteiger partial charge in [0.1, 0.15) is 0 Å². The number of aromatic nitrogens is 1. The number of nitrogens with zero attached hydrogens (tertiary/aromatic N) is 2. The van der Waals surface area contributed by atoms with E-state index in [9.17, 15) is 13.2 Å². The normalized spacial score (nSPS) is 19.9. The molecule has 2 fully saturated rings. The molecule has 1 spiro atoms.